The molecule has 2 N–H and O–H groups in total. The quantitative estimate of drug-likeness (QED) is 0.141. The van der Waals surface area contributed by atoms with Crippen molar-refractivity contribution in [3.63, 3.8) is 0 Å². The third-order valence-electron chi connectivity index (χ3n) is 11.5. The van der Waals surface area contributed by atoms with Crippen LogP contribution in [0.4, 0.5) is 0 Å². The first-order valence-corrected chi connectivity index (χ1v) is 19.4. The van der Waals surface area contributed by atoms with E-state index in [1.165, 1.54) is 11.5 Å². The fraction of sp³-hybridized carbons (Fsp3) is 0.357. The molecule has 3 aromatic heterocycles. The molecule has 2 aromatic carbocycles. The fourth-order valence-electron chi connectivity index (χ4n) is 8.52. The van der Waals surface area contributed by atoms with Crippen LogP contribution < -0.4 is 20.9 Å². The van der Waals surface area contributed by atoms with Gasteiger partial charge in [0.15, 0.2) is 0 Å². The summed E-state index contributed by atoms with van der Waals surface area (Å²) in [4.78, 5) is 49.4. The maximum atomic E-state index is 13.3. The summed E-state index contributed by atoms with van der Waals surface area (Å²) in [5.74, 6) is 0.458. The molecular weight excluding hydrogens is 739 g/mol. The standard InChI is InChI=1S/C42H42Cl2N6O5/c1-54-39-26(23-49-24-42(41(53)55-2)16-13-29(49)14-17-42)9-11-34(48-39)33-8-4-7-32(38(33)44)31-6-3-5-30(37(31)43)25-15-18-50-35(19-25)46-21-27(40(50)52)20-45-22-28-10-12-36(51)47-28/h3-9,11,15,18-19,21,28-29,45H,10,12-14,16-17,20,22-24H2,1-2H3,(H,47,51)/t28-,29?,42?/m1/s1. The van der Waals surface area contributed by atoms with Crippen molar-refractivity contribution in [2.24, 2.45) is 5.41 Å². The Hall–Kier alpha value is -4.81. The highest BCUT2D eigenvalue weighted by Crippen LogP contribution is 2.47. The van der Waals surface area contributed by atoms with Crippen LogP contribution in [0.5, 0.6) is 5.88 Å². The average molecular weight is 782 g/mol. The summed E-state index contributed by atoms with van der Waals surface area (Å²) in [5.41, 5.74) is 5.84. The number of nitrogens with zero attached hydrogens (tertiary/aromatic N) is 4. The number of hydrogen-bond acceptors (Lipinski definition) is 9. The minimum Gasteiger partial charge on any atom is -0.481 e. The molecule has 5 aromatic rings. The van der Waals surface area contributed by atoms with Gasteiger partial charge in [0.2, 0.25) is 11.8 Å². The Morgan fingerprint density at radius 2 is 1.67 bits per heavy atom. The van der Waals surface area contributed by atoms with Gasteiger partial charge in [-0.1, -0.05) is 65.7 Å². The molecule has 4 fully saturated rings. The van der Waals surface area contributed by atoms with Gasteiger partial charge >= 0.3 is 5.97 Å². The van der Waals surface area contributed by atoms with Crippen LogP contribution in [0.3, 0.4) is 0 Å². The highest BCUT2D eigenvalue weighted by atomic mass is 35.5. The molecule has 1 aliphatic carbocycles. The van der Waals surface area contributed by atoms with E-state index in [2.05, 4.69) is 20.5 Å². The van der Waals surface area contributed by atoms with E-state index in [4.69, 9.17) is 37.7 Å². The summed E-state index contributed by atoms with van der Waals surface area (Å²) in [6.07, 6.45) is 8.29. The number of aromatic nitrogens is 3. The molecule has 11 nitrogen and oxygen atoms in total. The number of hydrogen-bond donors (Lipinski definition) is 2. The summed E-state index contributed by atoms with van der Waals surface area (Å²) in [6.45, 7) is 2.23. The van der Waals surface area contributed by atoms with Gasteiger partial charge in [0.1, 0.15) is 5.65 Å². The van der Waals surface area contributed by atoms with Gasteiger partial charge < -0.3 is 20.1 Å². The molecule has 1 atom stereocenters. The number of carbonyl (C=O) groups excluding carboxylic acids is 2. The topological polar surface area (TPSA) is 127 Å². The van der Waals surface area contributed by atoms with E-state index < -0.39 is 5.41 Å². The minimum absolute atomic E-state index is 0.0607. The van der Waals surface area contributed by atoms with E-state index in [0.29, 0.717) is 71.5 Å². The second kappa shape index (κ2) is 15.4. The molecule has 4 aliphatic rings. The molecule has 1 amide bonds. The SMILES string of the molecule is COC(=O)C12CCC(CC1)N(Cc1ccc(-c3cccc(-c4cccc(-c5ccn6c(=O)c(CNC[C@H]7CCC(=O)N7)cnc6c5)c4Cl)c3Cl)nc1OC)C2. The number of rotatable bonds is 11. The lowest BCUT2D eigenvalue weighted by Gasteiger charge is -2.51. The van der Waals surface area contributed by atoms with Gasteiger partial charge in [0.25, 0.3) is 5.56 Å². The Bertz CT molecular complexity index is 2360. The largest absolute Gasteiger partial charge is 0.481 e. The van der Waals surface area contributed by atoms with Crippen molar-refractivity contribution in [3.05, 3.63) is 105 Å². The number of ether oxygens (including phenoxy) is 2. The van der Waals surface area contributed by atoms with Crippen LogP contribution >= 0.6 is 23.2 Å². The third kappa shape index (κ3) is 7.10. The number of methoxy groups -OCH3 is 2. The maximum Gasteiger partial charge on any atom is 0.313 e. The van der Waals surface area contributed by atoms with Crippen LogP contribution in [0.2, 0.25) is 10.0 Å². The Balaban J connectivity index is 1.03. The van der Waals surface area contributed by atoms with Gasteiger partial charge in [-0.15, -0.1) is 0 Å². The number of halogens is 2. The number of piperidine rings is 2. The number of benzene rings is 2. The fourth-order valence-corrected chi connectivity index (χ4v) is 9.18. The van der Waals surface area contributed by atoms with Gasteiger partial charge in [0, 0.05) is 90.5 Å². The molecule has 0 spiro atoms. The predicted molar refractivity (Wildman–Crippen MR) is 212 cm³/mol. The van der Waals surface area contributed by atoms with Crippen molar-refractivity contribution >= 4 is 40.7 Å². The second-order valence-corrected chi connectivity index (χ2v) is 15.5. The number of fused-ring (bicyclic) bond motifs is 4. The lowest BCUT2D eigenvalue weighted by atomic mass is 9.67. The molecule has 0 radical (unpaired) electrons. The zero-order valence-corrected chi connectivity index (χ0v) is 32.3. The molecule has 13 heteroatoms. The monoisotopic (exact) mass is 780 g/mol. The Morgan fingerprint density at radius 1 is 0.945 bits per heavy atom. The first-order valence-electron chi connectivity index (χ1n) is 18.6. The molecular formula is C42H42Cl2N6O5. The first-order chi connectivity index (χ1) is 26.7. The Labute approximate surface area is 329 Å². The normalized spacial score (nSPS) is 20.8. The number of esters is 1. The van der Waals surface area contributed by atoms with Crippen molar-refractivity contribution in [1.29, 1.82) is 0 Å². The number of amides is 1. The molecule has 6 heterocycles. The van der Waals surface area contributed by atoms with Crippen LogP contribution in [0.25, 0.3) is 39.2 Å². The zero-order chi connectivity index (χ0) is 38.3. The summed E-state index contributed by atoms with van der Waals surface area (Å²) >= 11 is 14.3. The van der Waals surface area contributed by atoms with E-state index >= 15 is 0 Å². The smallest absolute Gasteiger partial charge is 0.313 e. The van der Waals surface area contributed by atoms with E-state index in [9.17, 15) is 14.4 Å². The second-order valence-electron chi connectivity index (χ2n) is 14.8. The lowest BCUT2D eigenvalue weighted by Crippen LogP contribution is -2.56. The van der Waals surface area contributed by atoms with Crippen molar-refractivity contribution in [2.45, 2.75) is 63.7 Å². The van der Waals surface area contributed by atoms with E-state index in [0.717, 1.165) is 65.5 Å². The molecule has 2 bridgehead atoms. The Kier molecular flexibility index (Phi) is 10.4. The lowest BCUT2D eigenvalue weighted by molar-refractivity contribution is -0.163. The van der Waals surface area contributed by atoms with Gasteiger partial charge in [-0.2, -0.15) is 0 Å². The van der Waals surface area contributed by atoms with Crippen LogP contribution in [-0.2, 0) is 27.4 Å². The first kappa shape index (κ1) is 37.1. The van der Waals surface area contributed by atoms with Crippen LogP contribution in [0.1, 0.15) is 49.7 Å². The highest BCUT2D eigenvalue weighted by molar-refractivity contribution is 6.39. The van der Waals surface area contributed by atoms with E-state index in [1.54, 1.807) is 19.5 Å². The predicted octanol–water partition coefficient (Wildman–Crippen LogP) is 6.69. The summed E-state index contributed by atoms with van der Waals surface area (Å²) < 4.78 is 12.5. The zero-order valence-electron chi connectivity index (χ0n) is 30.7. The third-order valence-corrected chi connectivity index (χ3v) is 12.3. The van der Waals surface area contributed by atoms with Crippen molar-refractivity contribution in [3.8, 4) is 39.4 Å². The molecule has 284 valence electrons. The van der Waals surface area contributed by atoms with Crippen LogP contribution in [0, 0.1) is 5.41 Å². The average Bonchev–Trinajstić information content (AvgIpc) is 3.63. The Morgan fingerprint density at radius 3 is 2.38 bits per heavy atom. The molecule has 55 heavy (non-hydrogen) atoms. The van der Waals surface area contributed by atoms with Gasteiger partial charge in [-0.3, -0.25) is 23.7 Å². The number of carbonyl (C=O) groups is 2. The summed E-state index contributed by atoms with van der Waals surface area (Å²) in [5, 5.41) is 7.20. The number of pyridine rings is 2. The van der Waals surface area contributed by atoms with Crippen LogP contribution in [-0.4, -0.2) is 70.5 Å². The van der Waals surface area contributed by atoms with E-state index in [-0.39, 0.29) is 23.5 Å². The van der Waals surface area contributed by atoms with Gasteiger partial charge in [-0.25, -0.2) is 9.97 Å². The number of nitrogens with one attached hydrogen (secondary N) is 2. The molecule has 0 unspecified atom stereocenters. The molecule has 9 rings (SSSR count). The van der Waals surface area contributed by atoms with Gasteiger partial charge in [-0.05, 0) is 55.9 Å². The van der Waals surface area contributed by atoms with Crippen LogP contribution in [0.15, 0.2) is 77.9 Å². The van der Waals surface area contributed by atoms with E-state index in [1.807, 2.05) is 60.7 Å². The minimum atomic E-state index is -0.444. The molecule has 1 saturated carbocycles. The maximum absolute atomic E-state index is 13.3. The molecule has 3 aliphatic heterocycles. The van der Waals surface area contributed by atoms with Crippen molar-refractivity contribution in [2.75, 3.05) is 27.3 Å². The van der Waals surface area contributed by atoms with Crippen molar-refractivity contribution < 1.29 is 19.1 Å². The molecule has 3 saturated heterocycles. The summed E-state index contributed by atoms with van der Waals surface area (Å²) in [6, 6.07) is 19.8. The van der Waals surface area contributed by atoms with Gasteiger partial charge in [0.05, 0.1) is 35.4 Å². The van der Waals surface area contributed by atoms with Crippen molar-refractivity contribution in [1.82, 2.24) is 29.9 Å². The highest BCUT2D eigenvalue weighted by Gasteiger charge is 2.50. The summed E-state index contributed by atoms with van der Waals surface area (Å²) in [7, 11) is 3.09.